The number of nitrogens with one attached hydrogen (secondary N) is 2. The number of aromatic nitrogens is 4. The number of carbonyl (C=O) groups is 2. The first-order chi connectivity index (χ1) is 28.0. The molecule has 7 rings (SSSR count). The van der Waals surface area contributed by atoms with Crippen LogP contribution in [0.1, 0.15) is 45.5 Å². The van der Waals surface area contributed by atoms with Gasteiger partial charge in [0, 0.05) is 86.3 Å². The summed E-state index contributed by atoms with van der Waals surface area (Å²) in [6.45, 7) is 1.17. The molecule has 4 heterocycles. The Bertz CT molecular complexity index is 2750. The topological polar surface area (TPSA) is 246 Å². The van der Waals surface area contributed by atoms with Crippen LogP contribution in [0.2, 0.25) is 0 Å². The van der Waals surface area contributed by atoms with Crippen molar-refractivity contribution in [1.82, 2.24) is 29.6 Å². The lowest BCUT2D eigenvalue weighted by atomic mass is 9.89. The number of carboxylic acids is 1. The SMILES string of the molecule is COCC1OC(n2nc(CCCNC(=O)c3ccc(C(=O)[O-])c(-c4c5ccc(=[N+](C)C)cc-5oc5cc(N(C)C)ccc45)c3)c3c(=O)[nH]c(N)nc32)CC1OP(C)(=O)[O-]. The minimum atomic E-state index is -4.13. The summed E-state index contributed by atoms with van der Waals surface area (Å²) in [6, 6.07) is 15.6. The van der Waals surface area contributed by atoms with E-state index in [1.165, 1.54) is 23.9 Å². The first-order valence-electron chi connectivity index (χ1n) is 18.7. The number of carboxylic acid groups (broad SMARTS) is 1. The number of H-pyrrole nitrogens is 1. The molecule has 4 aromatic rings. The molecule has 0 bridgehead atoms. The molecule has 0 radical (unpaired) electrons. The van der Waals surface area contributed by atoms with Gasteiger partial charge in [0.25, 0.3) is 11.5 Å². The van der Waals surface area contributed by atoms with E-state index in [9.17, 15) is 28.9 Å². The number of methoxy groups -OCH3 is 1. The monoisotopic (exact) mass is 827 g/mol. The molecule has 0 saturated carbocycles. The Kier molecular flexibility index (Phi) is 11.5. The molecule has 19 heteroatoms. The van der Waals surface area contributed by atoms with Gasteiger partial charge in [0.1, 0.15) is 44.5 Å². The van der Waals surface area contributed by atoms with Crippen LogP contribution in [0, 0.1) is 0 Å². The lowest BCUT2D eigenvalue weighted by Crippen LogP contribution is -2.29. The Hall–Kier alpha value is -5.91. The highest BCUT2D eigenvalue weighted by atomic mass is 31.2. The Morgan fingerprint density at radius 2 is 1.92 bits per heavy atom. The number of nitrogens with zero attached hydrogens (tertiary/aromatic N) is 5. The molecule has 4 N–H and O–H groups in total. The highest BCUT2D eigenvalue weighted by Crippen LogP contribution is 2.43. The number of hydrogen-bond donors (Lipinski definition) is 3. The second-order valence-electron chi connectivity index (χ2n) is 14.8. The van der Waals surface area contributed by atoms with Crippen molar-refractivity contribution in [3.05, 3.63) is 87.1 Å². The van der Waals surface area contributed by atoms with E-state index in [1.54, 1.807) is 6.07 Å². The van der Waals surface area contributed by atoms with Gasteiger partial charge in [-0.3, -0.25) is 14.6 Å². The van der Waals surface area contributed by atoms with Crippen molar-refractivity contribution in [2.24, 2.45) is 0 Å². The van der Waals surface area contributed by atoms with Gasteiger partial charge in [-0.2, -0.15) is 10.1 Å². The first kappa shape index (κ1) is 41.3. The fourth-order valence-corrected chi connectivity index (χ4v) is 8.09. The molecule has 4 unspecified atom stereocenters. The van der Waals surface area contributed by atoms with Crippen LogP contribution in [-0.2, 0) is 25.0 Å². The van der Waals surface area contributed by atoms with Crippen LogP contribution in [-0.4, -0.2) is 98.9 Å². The molecule has 1 fully saturated rings. The quantitative estimate of drug-likeness (QED) is 0.0648. The Morgan fingerprint density at radius 1 is 1.14 bits per heavy atom. The van der Waals surface area contributed by atoms with Crippen molar-refractivity contribution in [3.63, 3.8) is 0 Å². The van der Waals surface area contributed by atoms with Gasteiger partial charge in [-0.25, -0.2) is 9.26 Å². The van der Waals surface area contributed by atoms with Crippen molar-refractivity contribution in [2.45, 2.75) is 37.7 Å². The fraction of sp³-hybridized carbons (Fsp3) is 0.350. The Morgan fingerprint density at radius 3 is 2.61 bits per heavy atom. The lowest BCUT2D eigenvalue weighted by Gasteiger charge is -2.25. The summed E-state index contributed by atoms with van der Waals surface area (Å²) in [6.07, 6.45) is -1.83. The standard InChI is InChI=1S/C40H45N8O10P/c1-46(2)22-10-13-25-29(17-22)56-30-18-23(47(3)4)11-14-26(30)34(25)27-16-21(9-12-24(27)39(51)52)37(49)42-15-7-8-28-35-36(43-40(41)44-38(35)50)48(45-28)33-19-31(58-59(6,53)54)32(57-33)20-55-5/h9-14,16-18,31-33H,7-8,15,19-20H2,1-6H3,(H5-,41,42,43,44,45,49,50,51,52,53,54)/p-1. The smallest absolute Gasteiger partial charge is 0.263 e. The predicted octanol–water partition coefficient (Wildman–Crippen LogP) is 1.55. The zero-order valence-electron chi connectivity index (χ0n) is 33.3. The number of anilines is 2. The molecule has 2 aromatic heterocycles. The van der Waals surface area contributed by atoms with E-state index in [4.69, 9.17) is 24.1 Å². The molecule has 1 saturated heterocycles. The largest absolute Gasteiger partial charge is 0.779 e. The summed E-state index contributed by atoms with van der Waals surface area (Å²) >= 11 is 0. The van der Waals surface area contributed by atoms with E-state index < -0.39 is 43.5 Å². The highest BCUT2D eigenvalue weighted by molar-refractivity contribution is 7.50. The summed E-state index contributed by atoms with van der Waals surface area (Å²) in [7, 11) is 4.95. The predicted molar refractivity (Wildman–Crippen MR) is 216 cm³/mol. The van der Waals surface area contributed by atoms with Gasteiger partial charge >= 0.3 is 0 Å². The van der Waals surface area contributed by atoms with Gasteiger partial charge in [0.05, 0.1) is 30.4 Å². The van der Waals surface area contributed by atoms with Gasteiger partial charge in [0.2, 0.25) is 11.3 Å². The second-order valence-corrected chi connectivity index (χ2v) is 16.6. The number of carbonyl (C=O) groups excluding carboxylic acids is 2. The Balaban J connectivity index is 1.16. The van der Waals surface area contributed by atoms with Crippen LogP contribution in [0.3, 0.4) is 0 Å². The number of nitrogen functional groups attached to an aromatic ring is 1. The van der Waals surface area contributed by atoms with Gasteiger partial charge < -0.3 is 53.7 Å². The van der Waals surface area contributed by atoms with E-state index in [0.29, 0.717) is 40.0 Å². The normalized spacial score (nSPS) is 17.7. The minimum absolute atomic E-state index is 0.0457. The number of aromatic amines is 1. The van der Waals surface area contributed by atoms with Gasteiger partial charge in [-0.05, 0) is 48.7 Å². The van der Waals surface area contributed by atoms with E-state index in [-0.39, 0.29) is 59.7 Å². The second kappa shape index (κ2) is 16.4. The average Bonchev–Trinajstić information content (AvgIpc) is 3.74. The summed E-state index contributed by atoms with van der Waals surface area (Å²) < 4.78 is 38.3. The minimum Gasteiger partial charge on any atom is -0.779 e. The summed E-state index contributed by atoms with van der Waals surface area (Å²) in [5.41, 5.74) is 8.88. The van der Waals surface area contributed by atoms with Crippen LogP contribution in [0.15, 0.2) is 63.8 Å². The van der Waals surface area contributed by atoms with Crippen LogP contribution >= 0.6 is 7.60 Å². The number of aromatic carboxylic acids is 1. The van der Waals surface area contributed by atoms with Crippen molar-refractivity contribution in [1.29, 1.82) is 0 Å². The molecule has 0 spiro atoms. The first-order valence-corrected chi connectivity index (χ1v) is 20.7. The molecule has 3 aliphatic rings. The number of nitrogens with two attached hydrogens (primary N) is 1. The maximum absolute atomic E-state index is 13.7. The number of benzene rings is 3. The molecule has 59 heavy (non-hydrogen) atoms. The van der Waals surface area contributed by atoms with E-state index in [0.717, 1.165) is 17.7 Å². The number of hydrogen-bond acceptors (Lipinski definition) is 14. The summed E-state index contributed by atoms with van der Waals surface area (Å²) in [5, 5.41) is 21.8. The van der Waals surface area contributed by atoms with Crippen molar-refractivity contribution >= 4 is 53.1 Å². The molecular weight excluding hydrogens is 783 g/mol. The maximum Gasteiger partial charge on any atom is 0.263 e. The fourth-order valence-electron chi connectivity index (χ4n) is 7.37. The van der Waals surface area contributed by atoms with Crippen LogP contribution < -0.4 is 41.4 Å². The van der Waals surface area contributed by atoms with Crippen molar-refractivity contribution < 1.29 is 42.6 Å². The average molecular weight is 828 g/mol. The van der Waals surface area contributed by atoms with Crippen LogP contribution in [0.25, 0.3) is 44.5 Å². The molecule has 2 aromatic carbocycles. The molecule has 310 valence electrons. The molecule has 1 amide bonds. The molecular formula is C40H44N8O10P-. The van der Waals surface area contributed by atoms with E-state index >= 15 is 0 Å². The third-order valence-corrected chi connectivity index (χ3v) is 10.8. The van der Waals surface area contributed by atoms with E-state index in [2.05, 4.69) is 20.4 Å². The summed E-state index contributed by atoms with van der Waals surface area (Å²) in [4.78, 5) is 60.2. The third-order valence-electron chi connectivity index (χ3n) is 10.1. The lowest BCUT2D eigenvalue weighted by molar-refractivity contribution is -0.255. The van der Waals surface area contributed by atoms with Crippen LogP contribution in [0.5, 0.6) is 0 Å². The van der Waals surface area contributed by atoms with Crippen LogP contribution in [0.4, 0.5) is 11.6 Å². The highest BCUT2D eigenvalue weighted by Gasteiger charge is 2.40. The van der Waals surface area contributed by atoms with Gasteiger partial charge in [0.15, 0.2) is 11.9 Å². The number of rotatable bonds is 13. The summed E-state index contributed by atoms with van der Waals surface area (Å²) in [5.74, 6) is -1.49. The number of ether oxygens (including phenoxy) is 2. The zero-order valence-corrected chi connectivity index (χ0v) is 34.2. The Labute approximate surface area is 337 Å². The number of amides is 1. The third kappa shape index (κ3) is 8.49. The van der Waals surface area contributed by atoms with Gasteiger partial charge in [-0.15, -0.1) is 0 Å². The molecule has 18 nitrogen and oxygen atoms in total. The zero-order chi connectivity index (χ0) is 42.3. The maximum atomic E-state index is 13.7. The number of aryl methyl sites for hydroxylation is 1. The molecule has 4 atom stereocenters. The molecule has 2 aliphatic heterocycles. The number of fused-ring (bicyclic) bond motifs is 3. The van der Waals surface area contributed by atoms with Crippen molar-refractivity contribution in [2.75, 3.05) is 65.8 Å². The van der Waals surface area contributed by atoms with Gasteiger partial charge in [-0.1, -0.05) is 6.07 Å². The van der Waals surface area contributed by atoms with Crippen molar-refractivity contribution in [3.8, 4) is 22.5 Å². The van der Waals surface area contributed by atoms with E-state index in [1.807, 2.05) is 74.1 Å². The molecule has 1 aliphatic carbocycles.